The Hall–Kier alpha value is -1.39. The van der Waals surface area contributed by atoms with Crippen LogP contribution in [-0.4, -0.2) is 43.1 Å². The number of carbonyl (C=O) groups is 1. The molecule has 1 heterocycles. The summed E-state index contributed by atoms with van der Waals surface area (Å²) in [5.74, 6) is -0.123. The summed E-state index contributed by atoms with van der Waals surface area (Å²) >= 11 is 0. The topological polar surface area (TPSA) is 41.6 Å². The SMILES string of the molecule is CCC(C(=O)OCc1ccccc1)N(C)CC1CCCN1. The number of hydrogen-bond acceptors (Lipinski definition) is 4. The normalized spacial score (nSPS) is 19.7. The van der Waals surface area contributed by atoms with Crippen LogP contribution in [0.2, 0.25) is 0 Å². The molecule has 0 saturated carbocycles. The first-order chi connectivity index (χ1) is 10.2. The molecule has 1 aromatic carbocycles. The summed E-state index contributed by atoms with van der Waals surface area (Å²) in [5, 5.41) is 3.47. The van der Waals surface area contributed by atoms with E-state index < -0.39 is 0 Å². The van der Waals surface area contributed by atoms with Gasteiger partial charge in [0.2, 0.25) is 0 Å². The summed E-state index contributed by atoms with van der Waals surface area (Å²) in [6, 6.07) is 10.2. The van der Waals surface area contributed by atoms with Crippen molar-refractivity contribution in [2.45, 2.75) is 44.9 Å². The second-order valence-electron chi connectivity index (χ2n) is 5.75. The van der Waals surface area contributed by atoms with Crippen molar-refractivity contribution in [3.8, 4) is 0 Å². The molecule has 116 valence electrons. The molecule has 1 aliphatic rings. The average Bonchev–Trinajstić information content (AvgIpc) is 3.00. The largest absolute Gasteiger partial charge is 0.460 e. The van der Waals surface area contributed by atoms with E-state index in [4.69, 9.17) is 4.74 Å². The zero-order valence-corrected chi connectivity index (χ0v) is 13.0. The smallest absolute Gasteiger partial charge is 0.323 e. The summed E-state index contributed by atoms with van der Waals surface area (Å²) < 4.78 is 5.47. The van der Waals surface area contributed by atoms with Crippen LogP contribution < -0.4 is 5.32 Å². The molecule has 2 atom stereocenters. The average molecular weight is 290 g/mol. The molecule has 0 aromatic heterocycles. The molecule has 2 unspecified atom stereocenters. The molecular weight excluding hydrogens is 264 g/mol. The van der Waals surface area contributed by atoms with Gasteiger partial charge in [0.05, 0.1) is 0 Å². The first-order valence-corrected chi connectivity index (χ1v) is 7.85. The summed E-state index contributed by atoms with van der Waals surface area (Å²) in [6.45, 7) is 4.38. The van der Waals surface area contributed by atoms with Gasteiger partial charge in [-0.25, -0.2) is 0 Å². The van der Waals surface area contributed by atoms with E-state index in [2.05, 4.69) is 10.2 Å². The molecule has 0 radical (unpaired) electrons. The highest BCUT2D eigenvalue weighted by atomic mass is 16.5. The lowest BCUT2D eigenvalue weighted by atomic mass is 10.1. The Morgan fingerprint density at radius 3 is 2.81 bits per heavy atom. The Kier molecular flexibility index (Phi) is 6.21. The number of likely N-dealkylation sites (N-methyl/N-ethyl adjacent to an activating group) is 1. The molecule has 0 bridgehead atoms. The molecular formula is C17H26N2O2. The van der Waals surface area contributed by atoms with Gasteiger partial charge in [-0.1, -0.05) is 37.3 Å². The Labute approximate surface area is 127 Å². The fraction of sp³-hybridized carbons (Fsp3) is 0.588. The Morgan fingerprint density at radius 2 is 2.19 bits per heavy atom. The van der Waals surface area contributed by atoms with Gasteiger partial charge in [-0.05, 0) is 38.4 Å². The van der Waals surface area contributed by atoms with E-state index in [9.17, 15) is 4.79 Å². The van der Waals surface area contributed by atoms with E-state index in [1.165, 1.54) is 12.8 Å². The van der Waals surface area contributed by atoms with Gasteiger partial charge in [0.15, 0.2) is 0 Å². The molecule has 4 nitrogen and oxygen atoms in total. The van der Waals surface area contributed by atoms with Crippen molar-refractivity contribution in [3.05, 3.63) is 35.9 Å². The Morgan fingerprint density at radius 1 is 1.43 bits per heavy atom. The fourth-order valence-electron chi connectivity index (χ4n) is 2.87. The minimum Gasteiger partial charge on any atom is -0.460 e. The number of ether oxygens (including phenoxy) is 1. The van der Waals surface area contributed by atoms with Crippen LogP contribution in [-0.2, 0) is 16.1 Å². The number of benzene rings is 1. The number of rotatable bonds is 7. The molecule has 1 aliphatic heterocycles. The molecule has 2 rings (SSSR count). The second kappa shape index (κ2) is 8.15. The minimum absolute atomic E-state index is 0.123. The third-order valence-corrected chi connectivity index (χ3v) is 4.09. The Bertz CT molecular complexity index is 430. The number of hydrogen-bond donors (Lipinski definition) is 1. The maximum atomic E-state index is 12.3. The van der Waals surface area contributed by atoms with Crippen molar-refractivity contribution >= 4 is 5.97 Å². The molecule has 4 heteroatoms. The van der Waals surface area contributed by atoms with Crippen LogP contribution in [0.1, 0.15) is 31.7 Å². The summed E-state index contributed by atoms with van der Waals surface area (Å²) in [4.78, 5) is 14.4. The molecule has 0 spiro atoms. The maximum Gasteiger partial charge on any atom is 0.323 e. The maximum absolute atomic E-state index is 12.3. The van der Waals surface area contributed by atoms with Crippen LogP contribution in [0.15, 0.2) is 30.3 Å². The van der Waals surface area contributed by atoms with Crippen LogP contribution in [0.5, 0.6) is 0 Å². The van der Waals surface area contributed by atoms with Crippen LogP contribution in [0.25, 0.3) is 0 Å². The zero-order chi connectivity index (χ0) is 15.1. The van der Waals surface area contributed by atoms with E-state index in [0.29, 0.717) is 12.6 Å². The van der Waals surface area contributed by atoms with Crippen molar-refractivity contribution in [2.75, 3.05) is 20.1 Å². The third-order valence-electron chi connectivity index (χ3n) is 4.09. The zero-order valence-electron chi connectivity index (χ0n) is 13.0. The van der Waals surface area contributed by atoms with Gasteiger partial charge in [0.25, 0.3) is 0 Å². The van der Waals surface area contributed by atoms with Gasteiger partial charge < -0.3 is 10.1 Å². The quantitative estimate of drug-likeness (QED) is 0.782. The number of nitrogens with zero attached hydrogens (tertiary/aromatic N) is 1. The van der Waals surface area contributed by atoms with Gasteiger partial charge in [0.1, 0.15) is 12.6 Å². The van der Waals surface area contributed by atoms with Crippen molar-refractivity contribution in [1.82, 2.24) is 10.2 Å². The summed E-state index contributed by atoms with van der Waals surface area (Å²) in [6.07, 6.45) is 3.20. The lowest BCUT2D eigenvalue weighted by molar-refractivity contribution is -0.151. The third kappa shape index (κ3) is 4.83. The van der Waals surface area contributed by atoms with Gasteiger partial charge in [-0.3, -0.25) is 9.69 Å². The Balaban J connectivity index is 1.82. The standard InChI is InChI=1S/C17H26N2O2/c1-3-16(19(2)12-15-10-7-11-18-15)17(20)21-13-14-8-5-4-6-9-14/h4-6,8-9,15-16,18H,3,7,10-13H2,1-2H3. The van der Waals surface area contributed by atoms with Crippen LogP contribution in [0, 0.1) is 0 Å². The number of carbonyl (C=O) groups excluding carboxylic acids is 1. The monoisotopic (exact) mass is 290 g/mol. The minimum atomic E-state index is -0.156. The number of esters is 1. The molecule has 1 fully saturated rings. The molecule has 21 heavy (non-hydrogen) atoms. The highest BCUT2D eigenvalue weighted by Crippen LogP contribution is 2.12. The van der Waals surface area contributed by atoms with Crippen LogP contribution in [0.3, 0.4) is 0 Å². The highest BCUT2D eigenvalue weighted by Gasteiger charge is 2.26. The summed E-state index contributed by atoms with van der Waals surface area (Å²) in [5.41, 5.74) is 1.03. The van der Waals surface area contributed by atoms with Crippen molar-refractivity contribution in [3.63, 3.8) is 0 Å². The summed E-state index contributed by atoms with van der Waals surface area (Å²) in [7, 11) is 2.01. The van der Waals surface area contributed by atoms with Crippen molar-refractivity contribution < 1.29 is 9.53 Å². The molecule has 0 amide bonds. The first kappa shape index (κ1) is 16.0. The van der Waals surface area contributed by atoms with Gasteiger partial charge in [-0.2, -0.15) is 0 Å². The molecule has 1 aromatic rings. The first-order valence-electron chi connectivity index (χ1n) is 7.85. The highest BCUT2D eigenvalue weighted by molar-refractivity contribution is 5.75. The second-order valence-corrected chi connectivity index (χ2v) is 5.75. The molecule has 0 aliphatic carbocycles. The number of nitrogens with one attached hydrogen (secondary N) is 1. The van der Waals surface area contributed by atoms with Crippen molar-refractivity contribution in [2.24, 2.45) is 0 Å². The predicted octanol–water partition coefficient (Wildman–Crippen LogP) is 2.19. The van der Waals surface area contributed by atoms with E-state index in [1.54, 1.807) is 0 Å². The van der Waals surface area contributed by atoms with E-state index in [0.717, 1.165) is 25.1 Å². The van der Waals surface area contributed by atoms with Gasteiger partial charge in [0, 0.05) is 12.6 Å². The van der Waals surface area contributed by atoms with Crippen LogP contribution >= 0.6 is 0 Å². The van der Waals surface area contributed by atoms with Crippen molar-refractivity contribution in [1.29, 1.82) is 0 Å². The van der Waals surface area contributed by atoms with Gasteiger partial charge in [-0.15, -0.1) is 0 Å². The predicted molar refractivity (Wildman–Crippen MR) is 84.0 cm³/mol. The van der Waals surface area contributed by atoms with E-state index >= 15 is 0 Å². The molecule has 1 N–H and O–H groups in total. The fourth-order valence-corrected chi connectivity index (χ4v) is 2.87. The lowest BCUT2D eigenvalue weighted by Gasteiger charge is -2.28. The van der Waals surface area contributed by atoms with Gasteiger partial charge >= 0.3 is 5.97 Å². The van der Waals surface area contributed by atoms with E-state index in [-0.39, 0.29) is 12.0 Å². The lowest BCUT2D eigenvalue weighted by Crippen LogP contribution is -2.45. The van der Waals surface area contributed by atoms with E-state index in [1.807, 2.05) is 44.3 Å². The van der Waals surface area contributed by atoms with Crippen LogP contribution in [0.4, 0.5) is 0 Å². The molecule has 1 saturated heterocycles.